The molecule has 0 aliphatic heterocycles. The summed E-state index contributed by atoms with van der Waals surface area (Å²) in [7, 11) is 0. The van der Waals surface area contributed by atoms with Crippen molar-refractivity contribution in [3.8, 4) is 5.69 Å². The number of carbonyl (C=O) groups is 2. The summed E-state index contributed by atoms with van der Waals surface area (Å²) >= 11 is 1.57. The number of imidazole rings is 1. The first-order chi connectivity index (χ1) is 17.6. The minimum absolute atomic E-state index is 0.0169. The Labute approximate surface area is 209 Å². The van der Waals surface area contributed by atoms with Gasteiger partial charge < -0.3 is 4.98 Å². The molecule has 0 aliphatic rings. The molecule has 5 rings (SSSR count). The normalized spacial score (nSPS) is 10.8. The molecule has 0 bridgehead atoms. The van der Waals surface area contributed by atoms with E-state index in [1.165, 1.54) is 12.1 Å². The van der Waals surface area contributed by atoms with E-state index in [0.717, 1.165) is 26.4 Å². The molecule has 0 unspecified atom stereocenters. The summed E-state index contributed by atoms with van der Waals surface area (Å²) in [5.41, 5.74) is 8.16. The van der Waals surface area contributed by atoms with Gasteiger partial charge in [-0.1, -0.05) is 54.2 Å². The lowest BCUT2D eigenvalue weighted by molar-refractivity contribution is 0.0843. The Bertz CT molecular complexity index is 1560. The molecule has 2 amide bonds. The molecule has 0 spiro atoms. The van der Waals surface area contributed by atoms with Crippen LogP contribution >= 0.6 is 11.8 Å². The number of hydrazine groups is 1. The fraction of sp³-hybridized carbons (Fsp3) is 0.0385. The predicted octanol–water partition coefficient (Wildman–Crippen LogP) is 3.48. The van der Waals surface area contributed by atoms with E-state index in [1.54, 1.807) is 48.2 Å². The Morgan fingerprint density at radius 3 is 2.33 bits per heavy atom. The molecule has 10 heteroatoms. The summed E-state index contributed by atoms with van der Waals surface area (Å²) in [5, 5.41) is 4.92. The number of aromatic nitrogens is 4. The fourth-order valence-electron chi connectivity index (χ4n) is 3.44. The number of carbonyl (C=O) groups excluding carboxylic acids is 2. The highest BCUT2D eigenvalue weighted by Crippen LogP contribution is 2.23. The molecule has 178 valence electrons. The second-order valence-corrected chi connectivity index (χ2v) is 8.72. The Hall–Kier alpha value is -4.70. The van der Waals surface area contributed by atoms with Gasteiger partial charge in [0.15, 0.2) is 10.9 Å². The zero-order valence-electron chi connectivity index (χ0n) is 18.8. The highest BCUT2D eigenvalue weighted by Gasteiger charge is 2.13. The van der Waals surface area contributed by atoms with Crippen LogP contribution < -0.4 is 16.4 Å². The Morgan fingerprint density at radius 2 is 1.56 bits per heavy atom. The molecule has 2 heterocycles. The highest BCUT2D eigenvalue weighted by molar-refractivity contribution is 7.98. The molecule has 3 aromatic carbocycles. The molecule has 0 atom stereocenters. The Morgan fingerprint density at radius 1 is 0.833 bits per heavy atom. The van der Waals surface area contributed by atoms with Crippen molar-refractivity contribution < 1.29 is 9.59 Å². The van der Waals surface area contributed by atoms with Crippen molar-refractivity contribution in [2.24, 2.45) is 0 Å². The maximum atomic E-state index is 12.5. The van der Waals surface area contributed by atoms with E-state index in [4.69, 9.17) is 0 Å². The van der Waals surface area contributed by atoms with E-state index in [1.807, 2.05) is 42.5 Å². The van der Waals surface area contributed by atoms with Gasteiger partial charge in [-0.05, 0) is 48.0 Å². The van der Waals surface area contributed by atoms with E-state index in [9.17, 15) is 14.4 Å². The van der Waals surface area contributed by atoms with Crippen molar-refractivity contribution in [1.29, 1.82) is 0 Å². The Kier molecular flexibility index (Phi) is 6.59. The molecule has 0 saturated heterocycles. The van der Waals surface area contributed by atoms with Crippen LogP contribution in [0.2, 0.25) is 0 Å². The predicted molar refractivity (Wildman–Crippen MR) is 137 cm³/mol. The third kappa shape index (κ3) is 5.18. The van der Waals surface area contributed by atoms with Gasteiger partial charge in [-0.15, -0.1) is 0 Å². The van der Waals surface area contributed by atoms with Gasteiger partial charge in [0.1, 0.15) is 0 Å². The molecular formula is C26H20N6O3S. The van der Waals surface area contributed by atoms with Crippen molar-refractivity contribution in [2.75, 3.05) is 0 Å². The third-order valence-electron chi connectivity index (χ3n) is 5.28. The molecule has 0 saturated carbocycles. The molecule has 3 N–H and O–H groups in total. The zero-order valence-corrected chi connectivity index (χ0v) is 19.7. The van der Waals surface area contributed by atoms with Gasteiger partial charge in [-0.2, -0.15) is 9.78 Å². The third-order valence-corrected chi connectivity index (χ3v) is 6.23. The fourth-order valence-corrected chi connectivity index (χ4v) is 4.28. The van der Waals surface area contributed by atoms with Crippen LogP contribution in [0.1, 0.15) is 26.4 Å². The number of fused-ring (bicyclic) bond motifs is 1. The van der Waals surface area contributed by atoms with Crippen molar-refractivity contribution in [2.45, 2.75) is 10.9 Å². The number of para-hydroxylation sites is 3. The van der Waals surface area contributed by atoms with Crippen LogP contribution in [0.5, 0.6) is 0 Å². The average Bonchev–Trinajstić information content (AvgIpc) is 3.34. The number of rotatable bonds is 6. The standard InChI is InChI=1S/C26H20N6O3S/c33-23-15-14-22(31-32(23)19-6-2-1-3-7-19)25(35)30-29-24(34)18-12-10-17(11-13-18)16-36-26-27-20-8-4-5-9-21(20)28-26/h1-15H,16H2,(H,27,28)(H,29,34)(H,30,35). The number of aromatic amines is 1. The zero-order chi connectivity index (χ0) is 24.9. The van der Waals surface area contributed by atoms with E-state index >= 15 is 0 Å². The van der Waals surface area contributed by atoms with Gasteiger partial charge in [0.05, 0.1) is 16.7 Å². The van der Waals surface area contributed by atoms with Crippen molar-refractivity contribution >= 4 is 34.6 Å². The van der Waals surface area contributed by atoms with Gasteiger partial charge >= 0.3 is 0 Å². The smallest absolute Gasteiger partial charge is 0.290 e. The monoisotopic (exact) mass is 496 g/mol. The number of hydrogen-bond donors (Lipinski definition) is 3. The van der Waals surface area contributed by atoms with Crippen LogP contribution in [0.3, 0.4) is 0 Å². The maximum absolute atomic E-state index is 12.5. The van der Waals surface area contributed by atoms with Crippen LogP contribution in [0.15, 0.2) is 101 Å². The maximum Gasteiger partial charge on any atom is 0.290 e. The van der Waals surface area contributed by atoms with Crippen molar-refractivity contribution in [3.63, 3.8) is 0 Å². The first-order valence-corrected chi connectivity index (χ1v) is 12.0. The van der Waals surface area contributed by atoms with Crippen LogP contribution in [-0.2, 0) is 5.75 Å². The minimum atomic E-state index is -0.646. The van der Waals surface area contributed by atoms with Gasteiger partial charge in [0.2, 0.25) is 0 Å². The number of thioether (sulfide) groups is 1. The van der Waals surface area contributed by atoms with E-state index in [-0.39, 0.29) is 11.3 Å². The first kappa shape index (κ1) is 23.1. The average molecular weight is 497 g/mol. The van der Waals surface area contributed by atoms with Crippen LogP contribution in [0, 0.1) is 0 Å². The molecule has 0 aliphatic carbocycles. The number of amides is 2. The summed E-state index contributed by atoms with van der Waals surface area (Å²) in [4.78, 5) is 44.9. The van der Waals surface area contributed by atoms with Crippen molar-refractivity contribution in [3.05, 3.63) is 118 Å². The summed E-state index contributed by atoms with van der Waals surface area (Å²) in [5.74, 6) is -0.440. The summed E-state index contributed by atoms with van der Waals surface area (Å²) < 4.78 is 1.12. The molecule has 2 aromatic heterocycles. The number of H-pyrrole nitrogens is 1. The molecular weight excluding hydrogens is 476 g/mol. The lowest BCUT2D eigenvalue weighted by Crippen LogP contribution is -2.42. The van der Waals surface area contributed by atoms with E-state index in [0.29, 0.717) is 17.0 Å². The second kappa shape index (κ2) is 10.3. The minimum Gasteiger partial charge on any atom is -0.333 e. The number of nitrogens with one attached hydrogen (secondary N) is 3. The molecule has 0 fully saturated rings. The van der Waals surface area contributed by atoms with Crippen LogP contribution in [-0.4, -0.2) is 31.6 Å². The molecule has 5 aromatic rings. The molecule has 9 nitrogen and oxygen atoms in total. The van der Waals surface area contributed by atoms with E-state index < -0.39 is 11.8 Å². The number of hydrogen-bond acceptors (Lipinski definition) is 6. The Balaban J connectivity index is 1.17. The lowest BCUT2D eigenvalue weighted by atomic mass is 10.1. The van der Waals surface area contributed by atoms with Crippen LogP contribution in [0.25, 0.3) is 16.7 Å². The van der Waals surface area contributed by atoms with Crippen molar-refractivity contribution in [1.82, 2.24) is 30.6 Å². The second-order valence-electron chi connectivity index (χ2n) is 7.76. The van der Waals surface area contributed by atoms with Gasteiger partial charge in [-0.25, -0.2) is 4.98 Å². The van der Waals surface area contributed by atoms with Gasteiger partial charge in [-0.3, -0.25) is 25.2 Å². The summed E-state index contributed by atoms with van der Waals surface area (Å²) in [6, 6.07) is 26.2. The van der Waals surface area contributed by atoms with Crippen LogP contribution in [0.4, 0.5) is 0 Å². The molecule has 0 radical (unpaired) electrons. The van der Waals surface area contributed by atoms with E-state index in [2.05, 4.69) is 25.9 Å². The quantitative estimate of drug-likeness (QED) is 0.244. The topological polar surface area (TPSA) is 122 Å². The SMILES string of the molecule is O=C(NNC(=O)c1ccc(=O)n(-c2ccccc2)n1)c1ccc(CSc2nc3ccccc3[nH]2)cc1. The van der Waals surface area contributed by atoms with Gasteiger partial charge in [0.25, 0.3) is 17.4 Å². The largest absolute Gasteiger partial charge is 0.333 e. The number of benzene rings is 3. The summed E-state index contributed by atoms with van der Waals surface area (Å²) in [6.07, 6.45) is 0. The lowest BCUT2D eigenvalue weighted by Gasteiger charge is -2.09. The number of nitrogens with zero attached hydrogens (tertiary/aromatic N) is 3. The molecule has 36 heavy (non-hydrogen) atoms. The first-order valence-electron chi connectivity index (χ1n) is 11.0. The van der Waals surface area contributed by atoms with Gasteiger partial charge in [0, 0.05) is 17.4 Å². The highest BCUT2D eigenvalue weighted by atomic mass is 32.2. The summed E-state index contributed by atoms with van der Waals surface area (Å²) in [6.45, 7) is 0.